The van der Waals surface area contributed by atoms with Crippen LogP contribution >= 0.6 is 0 Å². The third-order valence-corrected chi connectivity index (χ3v) is 2.39. The third-order valence-electron chi connectivity index (χ3n) is 2.39. The quantitative estimate of drug-likeness (QED) is 0.858. The lowest BCUT2D eigenvalue weighted by Gasteiger charge is -2.14. The second kappa shape index (κ2) is 5.39. The molecule has 90 valence electrons. The van der Waals surface area contributed by atoms with Crippen LogP contribution in [0.15, 0.2) is 42.7 Å². The summed E-state index contributed by atoms with van der Waals surface area (Å²) in [6.07, 6.45) is 3.68. The summed E-state index contributed by atoms with van der Waals surface area (Å²) in [5.41, 5.74) is 1.11. The fourth-order valence-corrected chi connectivity index (χ4v) is 1.55. The highest BCUT2D eigenvalue weighted by atomic mass is 16.5. The molecule has 17 heavy (non-hydrogen) atoms. The van der Waals surface area contributed by atoms with Crippen molar-refractivity contribution in [1.29, 1.82) is 0 Å². The number of hydrogen-bond donors (Lipinski definition) is 1. The van der Waals surface area contributed by atoms with Gasteiger partial charge >= 0.3 is 0 Å². The highest BCUT2D eigenvalue weighted by Gasteiger charge is 2.05. The van der Waals surface area contributed by atoms with Gasteiger partial charge in [-0.1, -0.05) is 18.2 Å². The van der Waals surface area contributed by atoms with Crippen molar-refractivity contribution in [3.63, 3.8) is 0 Å². The lowest BCUT2D eigenvalue weighted by Crippen LogP contribution is -2.22. The van der Waals surface area contributed by atoms with Gasteiger partial charge in [-0.3, -0.25) is 4.68 Å². The average molecular weight is 231 g/mol. The summed E-state index contributed by atoms with van der Waals surface area (Å²) in [6.45, 7) is 2.79. The molecule has 0 amide bonds. The summed E-state index contributed by atoms with van der Waals surface area (Å²) in [7, 11) is 1.87. The monoisotopic (exact) mass is 231 g/mol. The van der Waals surface area contributed by atoms with E-state index >= 15 is 0 Å². The van der Waals surface area contributed by atoms with Crippen LogP contribution < -0.4 is 10.1 Å². The molecule has 1 aromatic carbocycles. The largest absolute Gasteiger partial charge is 0.486 e. The Labute approximate surface area is 101 Å². The third kappa shape index (κ3) is 3.52. The molecular formula is C13H17N3O. The fraction of sp³-hybridized carbons (Fsp3) is 0.308. The molecule has 0 aliphatic carbocycles. The Morgan fingerprint density at radius 3 is 2.76 bits per heavy atom. The van der Waals surface area contributed by atoms with Gasteiger partial charge < -0.3 is 10.1 Å². The van der Waals surface area contributed by atoms with E-state index in [9.17, 15) is 0 Å². The Bertz CT molecular complexity index is 453. The molecule has 1 atom stereocenters. The van der Waals surface area contributed by atoms with Gasteiger partial charge in [0, 0.05) is 12.7 Å². The van der Waals surface area contributed by atoms with Gasteiger partial charge in [-0.25, -0.2) is 0 Å². The molecule has 0 spiro atoms. The Kier molecular flexibility index (Phi) is 3.65. The average Bonchev–Trinajstić information content (AvgIpc) is 2.73. The summed E-state index contributed by atoms with van der Waals surface area (Å²) < 4.78 is 7.44. The Hall–Kier alpha value is -1.97. The molecule has 4 heteroatoms. The smallest absolute Gasteiger partial charge is 0.157 e. The summed E-state index contributed by atoms with van der Waals surface area (Å²) in [4.78, 5) is 0. The Morgan fingerprint density at radius 1 is 1.35 bits per heavy atom. The molecule has 0 saturated carbocycles. The molecule has 1 unspecified atom stereocenters. The first-order valence-corrected chi connectivity index (χ1v) is 5.68. The van der Waals surface area contributed by atoms with Crippen molar-refractivity contribution in [3.8, 4) is 5.75 Å². The number of aromatic nitrogens is 2. The molecule has 0 bridgehead atoms. The molecule has 1 heterocycles. The number of nitrogens with zero attached hydrogens (tertiary/aromatic N) is 2. The van der Waals surface area contributed by atoms with Gasteiger partial charge in [0.05, 0.1) is 18.9 Å². The number of aryl methyl sites for hydroxylation is 1. The van der Waals surface area contributed by atoms with Crippen LogP contribution in [-0.4, -0.2) is 22.4 Å². The summed E-state index contributed by atoms with van der Waals surface area (Å²) in [5, 5.41) is 7.38. The van der Waals surface area contributed by atoms with Crippen LogP contribution in [0.25, 0.3) is 0 Å². The molecule has 2 rings (SSSR count). The number of anilines is 1. The van der Waals surface area contributed by atoms with Crippen molar-refractivity contribution in [2.24, 2.45) is 7.05 Å². The zero-order valence-corrected chi connectivity index (χ0v) is 10.1. The van der Waals surface area contributed by atoms with Crippen molar-refractivity contribution in [3.05, 3.63) is 42.7 Å². The molecule has 4 nitrogen and oxygen atoms in total. The maximum absolute atomic E-state index is 5.71. The van der Waals surface area contributed by atoms with E-state index in [-0.39, 0.29) is 6.10 Å². The van der Waals surface area contributed by atoms with E-state index in [1.54, 1.807) is 10.9 Å². The molecule has 0 aliphatic heterocycles. The van der Waals surface area contributed by atoms with E-state index in [1.807, 2.05) is 50.5 Å². The van der Waals surface area contributed by atoms with Crippen LogP contribution in [0.2, 0.25) is 0 Å². The first-order valence-electron chi connectivity index (χ1n) is 5.68. The summed E-state index contributed by atoms with van der Waals surface area (Å²) in [6, 6.07) is 10.1. The topological polar surface area (TPSA) is 39.1 Å². The van der Waals surface area contributed by atoms with Crippen LogP contribution in [0, 0.1) is 0 Å². The van der Waals surface area contributed by atoms with Gasteiger partial charge in [0.2, 0.25) is 0 Å². The van der Waals surface area contributed by atoms with Gasteiger partial charge in [0.15, 0.2) is 5.75 Å². The van der Waals surface area contributed by atoms with Crippen molar-refractivity contribution in [2.75, 3.05) is 11.9 Å². The molecular weight excluding hydrogens is 214 g/mol. The van der Waals surface area contributed by atoms with Gasteiger partial charge in [0.1, 0.15) is 6.10 Å². The number of nitrogens with one attached hydrogen (secondary N) is 1. The number of hydrogen-bond acceptors (Lipinski definition) is 3. The first kappa shape index (κ1) is 11.5. The SMILES string of the molecule is CC(CNc1ccccc1)Oc1cnn(C)c1. The zero-order valence-electron chi connectivity index (χ0n) is 10.1. The van der Waals surface area contributed by atoms with Crippen LogP contribution in [0.5, 0.6) is 5.75 Å². The lowest BCUT2D eigenvalue weighted by molar-refractivity contribution is 0.234. The minimum atomic E-state index is 0.0967. The van der Waals surface area contributed by atoms with E-state index in [1.165, 1.54) is 0 Å². The molecule has 0 aliphatic rings. The molecule has 2 aromatic rings. The van der Waals surface area contributed by atoms with E-state index in [0.717, 1.165) is 18.0 Å². The van der Waals surface area contributed by atoms with E-state index in [4.69, 9.17) is 4.74 Å². The minimum Gasteiger partial charge on any atom is -0.486 e. The highest BCUT2D eigenvalue weighted by molar-refractivity contribution is 5.42. The van der Waals surface area contributed by atoms with E-state index in [0.29, 0.717) is 0 Å². The number of ether oxygens (including phenoxy) is 1. The van der Waals surface area contributed by atoms with Crippen LogP contribution in [-0.2, 0) is 7.05 Å². The summed E-state index contributed by atoms with van der Waals surface area (Å²) in [5.74, 6) is 0.801. The van der Waals surface area contributed by atoms with Crippen LogP contribution in [0.4, 0.5) is 5.69 Å². The van der Waals surface area contributed by atoms with Crippen molar-refractivity contribution >= 4 is 5.69 Å². The number of rotatable bonds is 5. The summed E-state index contributed by atoms with van der Waals surface area (Å²) >= 11 is 0. The van der Waals surface area contributed by atoms with Gasteiger partial charge in [0.25, 0.3) is 0 Å². The lowest BCUT2D eigenvalue weighted by atomic mass is 10.3. The van der Waals surface area contributed by atoms with Crippen molar-refractivity contribution < 1.29 is 4.74 Å². The second-order valence-corrected chi connectivity index (χ2v) is 4.03. The predicted molar refractivity (Wildman–Crippen MR) is 68.2 cm³/mol. The molecule has 0 saturated heterocycles. The maximum Gasteiger partial charge on any atom is 0.157 e. The van der Waals surface area contributed by atoms with Crippen LogP contribution in [0.3, 0.4) is 0 Å². The number of benzene rings is 1. The first-order chi connectivity index (χ1) is 8.24. The standard InChI is InChI=1S/C13H17N3O/c1-11(17-13-9-15-16(2)10-13)8-14-12-6-4-3-5-7-12/h3-7,9-11,14H,8H2,1-2H3. The second-order valence-electron chi connectivity index (χ2n) is 4.03. The molecule has 0 radical (unpaired) electrons. The van der Waals surface area contributed by atoms with Crippen molar-refractivity contribution in [2.45, 2.75) is 13.0 Å². The Balaban J connectivity index is 1.80. The Morgan fingerprint density at radius 2 is 2.12 bits per heavy atom. The van der Waals surface area contributed by atoms with Crippen LogP contribution in [0.1, 0.15) is 6.92 Å². The predicted octanol–water partition coefficient (Wildman–Crippen LogP) is 2.30. The molecule has 1 aromatic heterocycles. The molecule has 0 fully saturated rings. The van der Waals surface area contributed by atoms with Crippen molar-refractivity contribution in [1.82, 2.24) is 9.78 Å². The maximum atomic E-state index is 5.71. The normalized spacial score (nSPS) is 12.1. The zero-order chi connectivity index (χ0) is 12.1. The fourth-order valence-electron chi connectivity index (χ4n) is 1.55. The van der Waals surface area contributed by atoms with E-state index in [2.05, 4.69) is 10.4 Å². The molecule has 1 N–H and O–H groups in total. The minimum absolute atomic E-state index is 0.0967. The highest BCUT2D eigenvalue weighted by Crippen LogP contribution is 2.10. The van der Waals surface area contributed by atoms with E-state index < -0.39 is 0 Å². The van der Waals surface area contributed by atoms with Gasteiger partial charge in [-0.05, 0) is 19.1 Å². The van der Waals surface area contributed by atoms with Gasteiger partial charge in [-0.2, -0.15) is 5.10 Å². The number of para-hydroxylation sites is 1. The van der Waals surface area contributed by atoms with Gasteiger partial charge in [-0.15, -0.1) is 0 Å².